The van der Waals surface area contributed by atoms with Gasteiger partial charge in [-0.15, -0.1) is 0 Å². The maximum atomic E-state index is 13.0. The van der Waals surface area contributed by atoms with E-state index in [-0.39, 0.29) is 25.9 Å². The van der Waals surface area contributed by atoms with Crippen LogP contribution in [-0.2, 0) is 0 Å². The van der Waals surface area contributed by atoms with E-state index in [0.717, 1.165) is 62.9 Å². The summed E-state index contributed by atoms with van der Waals surface area (Å²) >= 11 is 5.86. The van der Waals surface area contributed by atoms with Crippen LogP contribution in [0.2, 0.25) is 5.15 Å². The molecule has 0 saturated carbocycles. The summed E-state index contributed by atoms with van der Waals surface area (Å²) in [5.74, 6) is 0.0822. The number of fused-ring (bicyclic) bond motifs is 8. The highest BCUT2D eigenvalue weighted by Crippen LogP contribution is 2.38. The Balaban J connectivity index is 0.000000137. The molecule has 6 aliphatic rings. The van der Waals surface area contributed by atoms with Crippen LogP contribution in [0.3, 0.4) is 0 Å². The first-order chi connectivity index (χ1) is 22.4. The second-order valence-corrected chi connectivity index (χ2v) is 13.7. The van der Waals surface area contributed by atoms with Gasteiger partial charge in [-0.3, -0.25) is 0 Å². The molecule has 3 N–H and O–H groups in total. The van der Waals surface area contributed by atoms with Gasteiger partial charge in [-0.25, -0.2) is 9.97 Å². The van der Waals surface area contributed by atoms with E-state index in [4.69, 9.17) is 11.6 Å². The normalized spacial score (nSPS) is 26.7. The van der Waals surface area contributed by atoms with Gasteiger partial charge < -0.3 is 30.7 Å². The number of alkyl halides is 6. The Kier molecular flexibility index (Phi) is 10.4. The van der Waals surface area contributed by atoms with E-state index >= 15 is 0 Å². The third-order valence-corrected chi connectivity index (χ3v) is 10.1. The molecule has 8 rings (SSSR count). The lowest BCUT2D eigenvalue weighted by atomic mass is 9.97. The molecule has 47 heavy (non-hydrogen) atoms. The highest BCUT2D eigenvalue weighted by Gasteiger charge is 2.42. The van der Waals surface area contributed by atoms with Crippen LogP contribution in [-0.4, -0.2) is 86.8 Å². The Labute approximate surface area is 276 Å². The van der Waals surface area contributed by atoms with Crippen molar-refractivity contribution in [1.82, 2.24) is 15.3 Å². The Hall–Kier alpha value is -2.87. The molecule has 0 spiro atoms. The van der Waals surface area contributed by atoms with Crippen LogP contribution in [0, 0.1) is 11.8 Å². The summed E-state index contributed by atoms with van der Waals surface area (Å²) in [6.07, 6.45) is -1.60. The molecule has 0 aromatic carbocycles. The van der Waals surface area contributed by atoms with Gasteiger partial charge in [-0.1, -0.05) is 11.6 Å². The van der Waals surface area contributed by atoms with Crippen molar-refractivity contribution in [1.29, 1.82) is 0 Å². The summed E-state index contributed by atoms with van der Waals surface area (Å²) in [6.45, 7) is 5.77. The van der Waals surface area contributed by atoms with Crippen LogP contribution in [0.1, 0.15) is 51.4 Å². The molecule has 260 valence electrons. The van der Waals surface area contributed by atoms with Crippen molar-refractivity contribution in [3.8, 4) is 0 Å². The van der Waals surface area contributed by atoms with Crippen LogP contribution in [0.5, 0.6) is 0 Å². The number of nitrogens with zero attached hydrogens (tertiary/aromatic N) is 5. The Bertz CT molecular complexity index is 1350. The van der Waals surface area contributed by atoms with E-state index in [1.807, 2.05) is 18.2 Å². The van der Waals surface area contributed by atoms with Gasteiger partial charge >= 0.3 is 12.4 Å². The van der Waals surface area contributed by atoms with Gasteiger partial charge in [-0.05, 0) is 82.2 Å². The molecule has 4 saturated heterocycles. The molecule has 4 bridgehead atoms. The first-order valence-electron chi connectivity index (χ1n) is 16.7. The lowest BCUT2D eigenvalue weighted by Crippen LogP contribution is -2.46. The summed E-state index contributed by atoms with van der Waals surface area (Å²) in [4.78, 5) is 15.4. The number of halogens is 7. The van der Waals surface area contributed by atoms with Gasteiger partial charge in [0.15, 0.2) is 11.6 Å². The average molecular weight is 689 g/mol. The average Bonchev–Trinajstić information content (AvgIpc) is 3.05. The molecule has 2 unspecified atom stereocenters. The van der Waals surface area contributed by atoms with Crippen molar-refractivity contribution in [2.45, 2.75) is 75.8 Å². The largest absolute Gasteiger partial charge is 0.393 e. The van der Waals surface area contributed by atoms with Crippen LogP contribution in [0.25, 0.3) is 0 Å². The fourth-order valence-corrected chi connectivity index (χ4v) is 7.51. The summed E-state index contributed by atoms with van der Waals surface area (Å²) in [5.41, 5.74) is 2.28. The number of piperidine rings is 4. The first kappa shape index (κ1) is 34.0. The number of nitrogens with one attached hydrogen (secondary N) is 3. The Morgan fingerprint density at radius 2 is 1.19 bits per heavy atom. The fourth-order valence-electron chi connectivity index (χ4n) is 7.37. The van der Waals surface area contributed by atoms with E-state index in [1.165, 1.54) is 18.5 Å². The molecule has 0 aliphatic carbocycles. The van der Waals surface area contributed by atoms with Gasteiger partial charge in [0, 0.05) is 57.9 Å². The van der Waals surface area contributed by atoms with E-state index < -0.39 is 24.2 Å². The number of aromatic nitrogens is 2. The predicted octanol–water partition coefficient (Wildman–Crippen LogP) is 6.93. The maximum Gasteiger partial charge on any atom is 0.393 e. The number of anilines is 5. The topological polar surface area (TPSA) is 71.6 Å². The van der Waals surface area contributed by atoms with Gasteiger partial charge in [0.2, 0.25) is 0 Å². The molecule has 2 aromatic heterocycles. The van der Waals surface area contributed by atoms with Crippen molar-refractivity contribution >= 4 is 40.4 Å². The molecule has 8 heterocycles. The predicted molar refractivity (Wildman–Crippen MR) is 174 cm³/mol. The molecular formula is C32H43ClF6N8. The monoisotopic (exact) mass is 688 g/mol. The minimum atomic E-state index is -4.12. The van der Waals surface area contributed by atoms with Crippen LogP contribution in [0.4, 0.5) is 55.2 Å². The van der Waals surface area contributed by atoms with Gasteiger partial charge in [-0.2, -0.15) is 26.3 Å². The molecule has 6 aliphatic heterocycles. The smallest absolute Gasteiger partial charge is 0.366 e. The van der Waals surface area contributed by atoms with E-state index in [9.17, 15) is 26.3 Å². The fraction of sp³-hybridized carbons (Fsp3) is 0.688. The summed E-state index contributed by atoms with van der Waals surface area (Å²) < 4.78 is 74.7. The van der Waals surface area contributed by atoms with E-state index in [0.29, 0.717) is 42.4 Å². The third-order valence-electron chi connectivity index (χ3n) is 9.87. The maximum absolute atomic E-state index is 13.0. The van der Waals surface area contributed by atoms with Crippen molar-refractivity contribution in [3.63, 3.8) is 0 Å². The molecule has 15 heteroatoms. The molecule has 0 radical (unpaired) electrons. The van der Waals surface area contributed by atoms with Crippen molar-refractivity contribution < 1.29 is 26.3 Å². The Morgan fingerprint density at radius 3 is 1.77 bits per heavy atom. The molecule has 2 aromatic rings. The number of pyridine rings is 2. The molecule has 4 fully saturated rings. The van der Waals surface area contributed by atoms with Crippen LogP contribution < -0.4 is 30.7 Å². The van der Waals surface area contributed by atoms with E-state index in [1.54, 1.807) is 4.90 Å². The van der Waals surface area contributed by atoms with Crippen LogP contribution in [0.15, 0.2) is 24.3 Å². The second kappa shape index (κ2) is 14.3. The lowest BCUT2D eigenvalue weighted by Gasteiger charge is -2.41. The molecule has 8 nitrogen and oxygen atoms in total. The molecule has 4 atom stereocenters. The summed E-state index contributed by atoms with van der Waals surface area (Å²) in [7, 11) is 0. The minimum absolute atomic E-state index is 0.0163. The zero-order chi connectivity index (χ0) is 33.2. The molecule has 0 amide bonds. The number of hydrogen-bond donors (Lipinski definition) is 3. The standard InChI is InChI=1S/C16H21F3N4.C10H12ClN3.C6H10F3N/c17-16(18,19)11-3-1-8-23(9-11)14-6-5-13-15(21-14)20-12-4-2-7-22(13)10-12;11-9-4-3-8-10(13-9)12-7-2-1-5-14(8)6-7;7-6(8,9)5-2-1-3-10-4-5/h5-6,11-12H,1-4,7-10H2,(H,20,21);3-4,7H,1-2,5-6H2,(H,12,13);5,10H,1-4H2/t11?,12-;7-;/m00./s1. The van der Waals surface area contributed by atoms with E-state index in [2.05, 4.69) is 41.8 Å². The first-order valence-corrected chi connectivity index (χ1v) is 17.1. The van der Waals surface area contributed by atoms with Crippen molar-refractivity contribution in [2.24, 2.45) is 11.8 Å². The highest BCUT2D eigenvalue weighted by atomic mass is 35.5. The molecular weight excluding hydrogens is 646 g/mol. The third kappa shape index (κ3) is 8.41. The zero-order valence-corrected chi connectivity index (χ0v) is 27.1. The van der Waals surface area contributed by atoms with Gasteiger partial charge in [0.25, 0.3) is 0 Å². The Morgan fingerprint density at radius 1 is 0.638 bits per heavy atom. The van der Waals surface area contributed by atoms with Crippen molar-refractivity contribution in [2.75, 3.05) is 77.7 Å². The summed E-state index contributed by atoms with van der Waals surface area (Å²) in [6, 6.07) is 8.75. The summed E-state index contributed by atoms with van der Waals surface area (Å²) in [5, 5.41) is 10.2. The lowest BCUT2D eigenvalue weighted by molar-refractivity contribution is -0.178. The van der Waals surface area contributed by atoms with Gasteiger partial charge in [0.1, 0.15) is 11.0 Å². The number of hydrogen-bond acceptors (Lipinski definition) is 8. The van der Waals surface area contributed by atoms with Gasteiger partial charge in [0.05, 0.1) is 23.2 Å². The highest BCUT2D eigenvalue weighted by molar-refractivity contribution is 6.29. The van der Waals surface area contributed by atoms with Crippen molar-refractivity contribution in [3.05, 3.63) is 29.4 Å². The number of rotatable bonds is 1. The quantitative estimate of drug-likeness (QED) is 0.220. The zero-order valence-electron chi connectivity index (χ0n) is 26.3. The minimum Gasteiger partial charge on any atom is -0.366 e. The second-order valence-electron chi connectivity index (χ2n) is 13.3. The SMILES string of the molecule is Clc1ccc2c(n1)N[C@H]1CCCN2C1.FC(F)(F)C1CCCN(c2ccc3c(n2)N[C@H]2CCCN3C2)C1.FC(F)(F)C1CCCNC1. The van der Waals surface area contributed by atoms with Crippen LogP contribution >= 0.6 is 11.6 Å².